The van der Waals surface area contributed by atoms with E-state index in [1.54, 1.807) is 33.8 Å². The van der Waals surface area contributed by atoms with E-state index in [1.807, 2.05) is 0 Å². The van der Waals surface area contributed by atoms with E-state index in [9.17, 15) is 13.9 Å². The minimum atomic E-state index is -3.38. The van der Waals surface area contributed by atoms with Crippen LogP contribution in [0.3, 0.4) is 0 Å². The van der Waals surface area contributed by atoms with E-state index < -0.39 is 22.0 Å². The third kappa shape index (κ3) is 5.89. The number of carbonyl (C=O) groups is 1. The molecule has 0 N–H and O–H groups in total. The molecule has 1 rings (SSSR count). The fourth-order valence-electron chi connectivity index (χ4n) is 2.24. The normalized spacial score (nSPS) is 11.5. The Bertz CT molecular complexity index is 636. The van der Waals surface area contributed by atoms with Gasteiger partial charge in [-0.25, -0.2) is 4.79 Å². The first-order chi connectivity index (χ1) is 12.0. The van der Waals surface area contributed by atoms with Gasteiger partial charge in [0.05, 0.1) is 43.5 Å². The molecule has 0 heterocycles. The minimum absolute atomic E-state index is 0.0460. The van der Waals surface area contributed by atoms with Crippen LogP contribution in [-0.4, -0.2) is 32.4 Å². The first kappa shape index (κ1) is 21.8. The summed E-state index contributed by atoms with van der Waals surface area (Å²) >= 11 is 0. The van der Waals surface area contributed by atoms with Gasteiger partial charge in [-0.2, -0.15) is 0 Å². The minimum Gasteiger partial charge on any atom is -0.492 e. The summed E-state index contributed by atoms with van der Waals surface area (Å²) < 4.78 is 45.6. The van der Waals surface area contributed by atoms with Crippen LogP contribution >= 0.6 is 16.1 Å². The fraction of sp³-hybridized carbons (Fsp3) is 0.562. The zero-order chi connectivity index (χ0) is 18.9. The van der Waals surface area contributed by atoms with Gasteiger partial charge in [0, 0.05) is 5.56 Å². The molecule has 0 saturated carbocycles. The van der Waals surface area contributed by atoms with Gasteiger partial charge in [0.15, 0.2) is 8.46 Å². The maximum Gasteiger partial charge on any atom is 0.339 e. The lowest BCUT2D eigenvalue weighted by molar-refractivity contribution is 0.0527. The average molecular weight is 390 g/mol. The monoisotopic (exact) mass is 390 g/mol. The Kier molecular flexibility index (Phi) is 9.30. The molecule has 0 saturated heterocycles. The Labute approximate surface area is 149 Å². The van der Waals surface area contributed by atoms with E-state index in [-0.39, 0.29) is 49.2 Å². The van der Waals surface area contributed by atoms with E-state index in [1.165, 1.54) is 6.07 Å². The lowest BCUT2D eigenvalue weighted by Gasteiger charge is -2.20. The van der Waals surface area contributed by atoms with Crippen molar-refractivity contribution in [3.05, 3.63) is 23.3 Å². The van der Waals surface area contributed by atoms with Gasteiger partial charge in [-0.15, -0.1) is 0 Å². The van der Waals surface area contributed by atoms with Gasteiger partial charge in [-0.1, -0.05) is 6.07 Å². The van der Waals surface area contributed by atoms with Crippen molar-refractivity contribution >= 4 is 27.3 Å². The third-order valence-electron chi connectivity index (χ3n) is 3.10. The van der Waals surface area contributed by atoms with Crippen molar-refractivity contribution in [1.82, 2.24) is 0 Å². The molecule has 0 fully saturated rings. The predicted octanol–water partition coefficient (Wildman–Crippen LogP) is 3.95. The molecule has 7 nitrogen and oxygen atoms in total. The zero-order valence-electron chi connectivity index (χ0n) is 14.9. The van der Waals surface area contributed by atoms with Crippen molar-refractivity contribution in [2.75, 3.05) is 26.4 Å². The Morgan fingerprint density at radius 3 is 2.16 bits per heavy atom. The summed E-state index contributed by atoms with van der Waals surface area (Å²) in [6.45, 7) is 7.84. The highest BCUT2D eigenvalue weighted by molar-refractivity contribution is 7.53. The molecule has 1 aromatic carbocycles. The van der Waals surface area contributed by atoms with Crippen LogP contribution in [-0.2, 0) is 29.1 Å². The maximum absolute atomic E-state index is 12.8. The van der Waals surface area contributed by atoms with Crippen molar-refractivity contribution in [3.8, 4) is 5.75 Å². The van der Waals surface area contributed by atoms with Gasteiger partial charge in [0.1, 0.15) is 5.75 Å². The molecule has 0 aliphatic rings. The van der Waals surface area contributed by atoms with Crippen molar-refractivity contribution in [2.24, 2.45) is 0 Å². The molecule has 0 radical (unpaired) electrons. The third-order valence-corrected chi connectivity index (χ3v) is 5.76. The summed E-state index contributed by atoms with van der Waals surface area (Å²) in [6, 6.07) is 3.08. The number of ether oxygens (including phenoxy) is 2. The number of hydrogen-bond donors (Lipinski definition) is 0. The molecule has 140 valence electrons. The molecule has 0 unspecified atom stereocenters. The van der Waals surface area contributed by atoms with Gasteiger partial charge in [0.25, 0.3) is 0 Å². The Balaban J connectivity index is 3.38. The Hall–Kier alpha value is -1.26. The van der Waals surface area contributed by atoms with Crippen LogP contribution in [0.1, 0.15) is 43.6 Å². The molecule has 0 spiro atoms. The van der Waals surface area contributed by atoms with Crippen LogP contribution in [0.5, 0.6) is 5.75 Å². The summed E-state index contributed by atoms with van der Waals surface area (Å²) in [7, 11) is -3.77. The summed E-state index contributed by atoms with van der Waals surface area (Å²) in [6.07, 6.45) is -0.0460. The molecule has 0 atom stereocenters. The molecule has 25 heavy (non-hydrogen) atoms. The first-order valence-corrected chi connectivity index (χ1v) is 10.7. The highest BCUT2D eigenvalue weighted by Gasteiger charge is 2.29. The molecule has 0 aromatic heterocycles. The summed E-state index contributed by atoms with van der Waals surface area (Å²) in [5.41, 5.74) is 0.645. The SMILES string of the molecule is CCOC(=O)c1ccc(CP(=O)(OCC)OCC)c(OCC)c1P=O. The van der Waals surface area contributed by atoms with E-state index in [4.69, 9.17) is 18.5 Å². The Morgan fingerprint density at radius 2 is 1.68 bits per heavy atom. The largest absolute Gasteiger partial charge is 0.492 e. The predicted molar refractivity (Wildman–Crippen MR) is 95.4 cm³/mol. The second kappa shape index (κ2) is 10.7. The van der Waals surface area contributed by atoms with E-state index in [0.717, 1.165) is 0 Å². The van der Waals surface area contributed by atoms with Gasteiger partial charge in [-0.3, -0.25) is 9.13 Å². The molecule has 1 aromatic rings. The van der Waals surface area contributed by atoms with Crippen molar-refractivity contribution in [3.63, 3.8) is 0 Å². The van der Waals surface area contributed by atoms with Gasteiger partial charge < -0.3 is 18.5 Å². The standard InChI is InChI=1S/C16H24O7P2/c1-5-20-14-12(11-25(19,22-7-3)23-8-4)9-10-13(15(14)24-18)16(17)21-6-2/h9-10H,5-8,11H2,1-4H3. The number of hydrogen-bond acceptors (Lipinski definition) is 7. The van der Waals surface area contributed by atoms with Crippen LogP contribution in [0, 0.1) is 0 Å². The maximum atomic E-state index is 12.8. The van der Waals surface area contributed by atoms with Crippen molar-refractivity contribution in [2.45, 2.75) is 33.9 Å². The number of rotatable bonds is 11. The highest BCUT2D eigenvalue weighted by Crippen LogP contribution is 2.52. The molecule has 0 amide bonds. The number of benzene rings is 1. The van der Waals surface area contributed by atoms with Crippen molar-refractivity contribution < 1.29 is 32.4 Å². The Morgan fingerprint density at radius 1 is 1.04 bits per heavy atom. The van der Waals surface area contributed by atoms with Gasteiger partial charge in [0.2, 0.25) is 0 Å². The lowest BCUT2D eigenvalue weighted by Crippen LogP contribution is -2.18. The topological polar surface area (TPSA) is 88.1 Å². The lowest BCUT2D eigenvalue weighted by atomic mass is 10.1. The summed E-state index contributed by atoms with van der Waals surface area (Å²) in [4.78, 5) is 12.1. The second-order valence-electron chi connectivity index (χ2n) is 4.80. The van der Waals surface area contributed by atoms with Crippen molar-refractivity contribution in [1.29, 1.82) is 0 Å². The van der Waals surface area contributed by atoms with Crippen LogP contribution < -0.4 is 10.0 Å². The summed E-state index contributed by atoms with van der Waals surface area (Å²) in [5, 5.41) is 0.164. The quantitative estimate of drug-likeness (QED) is 0.418. The van der Waals surface area contributed by atoms with Gasteiger partial charge >= 0.3 is 13.6 Å². The second-order valence-corrected chi connectivity index (χ2v) is 7.48. The number of esters is 1. The van der Waals surface area contributed by atoms with E-state index in [2.05, 4.69) is 0 Å². The summed E-state index contributed by atoms with van der Waals surface area (Å²) in [5.74, 6) is -0.351. The highest BCUT2D eigenvalue weighted by atomic mass is 31.2. The molecule has 0 aliphatic carbocycles. The first-order valence-electron chi connectivity index (χ1n) is 8.13. The van der Waals surface area contributed by atoms with E-state index in [0.29, 0.717) is 5.56 Å². The molecule has 0 aliphatic heterocycles. The number of carbonyl (C=O) groups excluding carboxylic acids is 1. The molecular weight excluding hydrogens is 366 g/mol. The van der Waals surface area contributed by atoms with Gasteiger partial charge in [-0.05, 0) is 33.8 Å². The van der Waals surface area contributed by atoms with Crippen LogP contribution in [0.2, 0.25) is 0 Å². The molecule has 9 heteroatoms. The van der Waals surface area contributed by atoms with Crippen LogP contribution in [0.15, 0.2) is 12.1 Å². The van der Waals surface area contributed by atoms with E-state index >= 15 is 0 Å². The van der Waals surface area contributed by atoms with Crippen LogP contribution in [0.4, 0.5) is 0 Å². The molecule has 0 bridgehead atoms. The van der Waals surface area contributed by atoms with Crippen LogP contribution in [0.25, 0.3) is 0 Å². The average Bonchev–Trinajstić information content (AvgIpc) is 2.56. The molecular formula is C16H24O7P2. The fourth-order valence-corrected chi connectivity index (χ4v) is 4.50. The smallest absolute Gasteiger partial charge is 0.339 e. The zero-order valence-corrected chi connectivity index (χ0v) is 16.7.